The summed E-state index contributed by atoms with van der Waals surface area (Å²) in [6.07, 6.45) is 0.870. The number of nitrogens with zero attached hydrogens (tertiary/aromatic N) is 2. The molecule has 0 bridgehead atoms. The number of carboxylic acid groups (broad SMARTS) is 1. The van der Waals surface area contributed by atoms with Gasteiger partial charge in [-0.25, -0.2) is 4.98 Å². The van der Waals surface area contributed by atoms with E-state index in [-0.39, 0.29) is 0 Å². The lowest BCUT2D eigenvalue weighted by Crippen LogP contribution is -2.07. The van der Waals surface area contributed by atoms with Crippen molar-refractivity contribution in [1.82, 2.24) is 9.55 Å². The topological polar surface area (TPSA) is 55.1 Å². The maximum Gasteiger partial charge on any atom is 0.310 e. The Morgan fingerprint density at radius 2 is 2.24 bits per heavy atom. The Kier molecular flexibility index (Phi) is 2.88. The highest BCUT2D eigenvalue weighted by molar-refractivity contribution is 5.81. The molecule has 0 amide bonds. The Balaban J connectivity index is 2.55. The van der Waals surface area contributed by atoms with Crippen LogP contribution >= 0.6 is 0 Å². The van der Waals surface area contributed by atoms with Gasteiger partial charge in [-0.15, -0.1) is 0 Å². The Morgan fingerprint density at radius 3 is 2.82 bits per heavy atom. The zero-order chi connectivity index (χ0) is 12.6. The summed E-state index contributed by atoms with van der Waals surface area (Å²) in [5.74, 6) is -0.289. The van der Waals surface area contributed by atoms with Crippen LogP contribution in [0.5, 0.6) is 0 Å². The van der Waals surface area contributed by atoms with Gasteiger partial charge >= 0.3 is 5.97 Å². The number of carboxylic acids is 1. The summed E-state index contributed by atoms with van der Waals surface area (Å²) in [6, 6.07) is 5.67. The molecule has 0 aliphatic rings. The first-order valence-corrected chi connectivity index (χ1v) is 5.72. The molecule has 1 heterocycles. The van der Waals surface area contributed by atoms with Crippen molar-refractivity contribution in [3.05, 3.63) is 29.6 Å². The molecule has 2 aromatic rings. The van der Waals surface area contributed by atoms with Crippen LogP contribution in [0.3, 0.4) is 0 Å². The van der Waals surface area contributed by atoms with E-state index in [1.165, 1.54) is 0 Å². The first-order chi connectivity index (χ1) is 8.04. The summed E-state index contributed by atoms with van der Waals surface area (Å²) >= 11 is 0. The van der Waals surface area contributed by atoms with Crippen molar-refractivity contribution >= 4 is 17.0 Å². The number of fused-ring (bicyclic) bond motifs is 1. The minimum atomic E-state index is -0.809. The number of aromatic nitrogens is 2. The van der Waals surface area contributed by atoms with Gasteiger partial charge < -0.3 is 9.67 Å². The third kappa shape index (κ3) is 1.90. The lowest BCUT2D eigenvalue weighted by Gasteiger charge is -2.06. The largest absolute Gasteiger partial charge is 0.481 e. The molecule has 4 heteroatoms. The van der Waals surface area contributed by atoms with Gasteiger partial charge in [-0.05, 0) is 24.6 Å². The van der Waals surface area contributed by atoms with Crippen LogP contribution in [-0.2, 0) is 18.3 Å². The van der Waals surface area contributed by atoms with Crippen molar-refractivity contribution in [3.63, 3.8) is 0 Å². The standard InChI is InChI=1S/C13H16N2O2/c1-4-12-14-10-7-9(8(2)13(16)17)5-6-11(10)15(12)3/h5-8H,4H2,1-3H3,(H,16,17). The van der Waals surface area contributed by atoms with E-state index in [0.717, 1.165) is 28.8 Å². The maximum atomic E-state index is 10.9. The highest BCUT2D eigenvalue weighted by atomic mass is 16.4. The Hall–Kier alpha value is -1.84. The number of aliphatic carboxylic acids is 1. The fraction of sp³-hybridized carbons (Fsp3) is 0.385. The van der Waals surface area contributed by atoms with E-state index in [2.05, 4.69) is 11.9 Å². The lowest BCUT2D eigenvalue weighted by atomic mass is 10.0. The molecule has 1 aromatic carbocycles. The van der Waals surface area contributed by atoms with Crippen LogP contribution in [-0.4, -0.2) is 20.6 Å². The fourth-order valence-electron chi connectivity index (χ4n) is 1.99. The van der Waals surface area contributed by atoms with Gasteiger partial charge in [0.1, 0.15) is 5.82 Å². The predicted octanol–water partition coefficient (Wildman–Crippen LogP) is 2.32. The van der Waals surface area contributed by atoms with Crippen molar-refractivity contribution in [2.24, 2.45) is 7.05 Å². The zero-order valence-electron chi connectivity index (χ0n) is 10.3. The summed E-state index contributed by atoms with van der Waals surface area (Å²) in [6.45, 7) is 3.75. The van der Waals surface area contributed by atoms with E-state index in [4.69, 9.17) is 5.11 Å². The van der Waals surface area contributed by atoms with Gasteiger partial charge in [-0.3, -0.25) is 4.79 Å². The molecule has 90 valence electrons. The Morgan fingerprint density at radius 1 is 1.53 bits per heavy atom. The van der Waals surface area contributed by atoms with Crippen LogP contribution in [0, 0.1) is 0 Å². The van der Waals surface area contributed by atoms with Crippen LogP contribution < -0.4 is 0 Å². The summed E-state index contributed by atoms with van der Waals surface area (Å²) < 4.78 is 2.05. The average molecular weight is 232 g/mol. The highest BCUT2D eigenvalue weighted by Crippen LogP contribution is 2.22. The number of benzene rings is 1. The predicted molar refractivity (Wildman–Crippen MR) is 66.1 cm³/mol. The maximum absolute atomic E-state index is 10.9. The molecule has 2 rings (SSSR count). The van der Waals surface area contributed by atoms with Gasteiger partial charge in [0.2, 0.25) is 0 Å². The molecule has 0 aliphatic heterocycles. The quantitative estimate of drug-likeness (QED) is 0.883. The molecule has 1 atom stereocenters. The number of hydrogen-bond donors (Lipinski definition) is 1. The number of hydrogen-bond acceptors (Lipinski definition) is 2. The van der Waals surface area contributed by atoms with Gasteiger partial charge in [0, 0.05) is 13.5 Å². The van der Waals surface area contributed by atoms with E-state index in [1.807, 2.05) is 29.8 Å². The van der Waals surface area contributed by atoms with Crippen LogP contribution in [0.2, 0.25) is 0 Å². The third-order valence-corrected chi connectivity index (χ3v) is 3.18. The summed E-state index contributed by atoms with van der Waals surface area (Å²) in [5.41, 5.74) is 2.71. The molecular weight excluding hydrogens is 216 g/mol. The van der Waals surface area contributed by atoms with Gasteiger partial charge in [0.05, 0.1) is 17.0 Å². The molecule has 0 saturated heterocycles. The van der Waals surface area contributed by atoms with Crippen molar-refractivity contribution in [3.8, 4) is 0 Å². The Bertz CT molecular complexity index is 572. The van der Waals surface area contributed by atoms with E-state index >= 15 is 0 Å². The first-order valence-electron chi connectivity index (χ1n) is 5.72. The number of aryl methyl sites for hydroxylation is 2. The van der Waals surface area contributed by atoms with Crippen LogP contribution in [0.25, 0.3) is 11.0 Å². The van der Waals surface area contributed by atoms with Gasteiger partial charge in [0.25, 0.3) is 0 Å². The molecule has 4 nitrogen and oxygen atoms in total. The van der Waals surface area contributed by atoms with E-state index in [1.54, 1.807) is 6.92 Å². The second kappa shape index (κ2) is 4.20. The van der Waals surface area contributed by atoms with E-state index < -0.39 is 11.9 Å². The normalized spacial score (nSPS) is 12.9. The molecular formula is C13H16N2O2. The molecule has 1 unspecified atom stereocenters. The van der Waals surface area contributed by atoms with Gasteiger partial charge in [0.15, 0.2) is 0 Å². The van der Waals surface area contributed by atoms with Crippen molar-refractivity contribution in [1.29, 1.82) is 0 Å². The number of imidazole rings is 1. The Labute approximate surface area is 99.9 Å². The van der Waals surface area contributed by atoms with Crippen LogP contribution in [0.1, 0.15) is 31.2 Å². The van der Waals surface area contributed by atoms with Gasteiger partial charge in [-0.2, -0.15) is 0 Å². The molecule has 1 N–H and O–H groups in total. The molecule has 0 fully saturated rings. The number of rotatable bonds is 3. The summed E-state index contributed by atoms with van der Waals surface area (Å²) in [5, 5.41) is 8.99. The molecule has 0 radical (unpaired) electrons. The smallest absolute Gasteiger partial charge is 0.310 e. The second-order valence-electron chi connectivity index (χ2n) is 4.25. The van der Waals surface area contributed by atoms with Crippen LogP contribution in [0.4, 0.5) is 0 Å². The molecule has 17 heavy (non-hydrogen) atoms. The van der Waals surface area contributed by atoms with E-state index in [9.17, 15) is 4.79 Å². The zero-order valence-corrected chi connectivity index (χ0v) is 10.3. The second-order valence-corrected chi connectivity index (χ2v) is 4.25. The van der Waals surface area contributed by atoms with Gasteiger partial charge in [-0.1, -0.05) is 13.0 Å². The third-order valence-electron chi connectivity index (χ3n) is 3.18. The van der Waals surface area contributed by atoms with Crippen LogP contribution in [0.15, 0.2) is 18.2 Å². The lowest BCUT2D eigenvalue weighted by molar-refractivity contribution is -0.138. The van der Waals surface area contributed by atoms with Crippen molar-refractivity contribution in [2.75, 3.05) is 0 Å². The molecule has 1 aromatic heterocycles. The minimum Gasteiger partial charge on any atom is -0.481 e. The number of carbonyl (C=O) groups is 1. The average Bonchev–Trinajstić information content (AvgIpc) is 2.64. The molecule has 0 saturated carbocycles. The highest BCUT2D eigenvalue weighted by Gasteiger charge is 2.15. The van der Waals surface area contributed by atoms with Crippen molar-refractivity contribution in [2.45, 2.75) is 26.2 Å². The fourth-order valence-corrected chi connectivity index (χ4v) is 1.99. The first kappa shape index (κ1) is 11.6. The monoisotopic (exact) mass is 232 g/mol. The SMILES string of the molecule is CCc1nc2cc(C(C)C(=O)O)ccc2n1C. The minimum absolute atomic E-state index is 0.494. The van der Waals surface area contributed by atoms with E-state index in [0.29, 0.717) is 0 Å². The van der Waals surface area contributed by atoms with Crippen molar-refractivity contribution < 1.29 is 9.90 Å². The summed E-state index contributed by atoms with van der Waals surface area (Å²) in [4.78, 5) is 15.4. The molecule has 0 spiro atoms. The summed E-state index contributed by atoms with van der Waals surface area (Å²) in [7, 11) is 1.98. The molecule has 0 aliphatic carbocycles.